The average Bonchev–Trinajstić information content (AvgIpc) is 2.80. The summed E-state index contributed by atoms with van der Waals surface area (Å²) in [7, 11) is 3.63. The molecule has 1 N–H and O–H groups in total. The highest BCUT2D eigenvalue weighted by Gasteiger charge is 2.37. The molecule has 1 fully saturated rings. The number of aromatic nitrogens is 2. The molecule has 1 heterocycles. The fraction of sp³-hybridized carbons (Fsp3) is 0.350. The van der Waals surface area contributed by atoms with Crippen molar-refractivity contribution < 1.29 is 0 Å². The summed E-state index contributed by atoms with van der Waals surface area (Å²) in [5.74, 6) is 0. The SMILES string of the molecule is Cn1c(=O)n(C)c2cc(CNC3(c4ccc(Cl)cc4)CCC3)ccc21. The normalized spacial score (nSPS) is 16.1. The van der Waals surface area contributed by atoms with Gasteiger partial charge >= 0.3 is 5.69 Å². The maximum Gasteiger partial charge on any atom is 0.328 e. The van der Waals surface area contributed by atoms with E-state index in [1.165, 1.54) is 17.5 Å². The van der Waals surface area contributed by atoms with Crippen LogP contribution in [0.5, 0.6) is 0 Å². The molecule has 4 rings (SSSR count). The van der Waals surface area contributed by atoms with E-state index in [2.05, 4.69) is 29.6 Å². The van der Waals surface area contributed by atoms with Crippen molar-refractivity contribution in [3.05, 3.63) is 69.1 Å². The van der Waals surface area contributed by atoms with Gasteiger partial charge in [-0.2, -0.15) is 0 Å². The van der Waals surface area contributed by atoms with E-state index in [1.807, 2.05) is 32.3 Å². The van der Waals surface area contributed by atoms with Crippen molar-refractivity contribution in [2.75, 3.05) is 0 Å². The summed E-state index contributed by atoms with van der Waals surface area (Å²) in [5, 5.41) is 4.52. The van der Waals surface area contributed by atoms with E-state index in [-0.39, 0.29) is 11.2 Å². The first-order chi connectivity index (χ1) is 12.0. The Morgan fingerprint density at radius 3 is 2.36 bits per heavy atom. The first-order valence-corrected chi connectivity index (χ1v) is 9.03. The number of nitrogens with one attached hydrogen (secondary N) is 1. The number of benzene rings is 2. The molecule has 1 aliphatic carbocycles. The Morgan fingerprint density at radius 2 is 1.72 bits per heavy atom. The predicted octanol–water partition coefficient (Wildman–Crippen LogP) is 3.70. The molecule has 3 aromatic rings. The van der Waals surface area contributed by atoms with Crippen LogP contribution in [-0.4, -0.2) is 9.13 Å². The van der Waals surface area contributed by atoms with Crippen molar-refractivity contribution in [2.45, 2.75) is 31.3 Å². The molecule has 1 saturated carbocycles. The molecule has 0 amide bonds. The van der Waals surface area contributed by atoms with Crippen LogP contribution in [-0.2, 0) is 26.2 Å². The van der Waals surface area contributed by atoms with E-state index in [1.54, 1.807) is 9.13 Å². The van der Waals surface area contributed by atoms with Crippen LogP contribution < -0.4 is 11.0 Å². The molecule has 130 valence electrons. The Bertz CT molecular complexity index is 981. The third-order valence-corrected chi connectivity index (χ3v) is 5.82. The number of imidazole rings is 1. The number of hydrogen-bond donors (Lipinski definition) is 1. The molecule has 25 heavy (non-hydrogen) atoms. The zero-order valence-electron chi connectivity index (χ0n) is 14.6. The van der Waals surface area contributed by atoms with Crippen molar-refractivity contribution >= 4 is 22.6 Å². The fourth-order valence-corrected chi connectivity index (χ4v) is 3.93. The van der Waals surface area contributed by atoms with E-state index in [9.17, 15) is 4.79 Å². The maximum atomic E-state index is 12.1. The van der Waals surface area contributed by atoms with Crippen molar-refractivity contribution in [3.63, 3.8) is 0 Å². The minimum atomic E-state index is 0.0109. The van der Waals surface area contributed by atoms with Crippen molar-refractivity contribution in [2.24, 2.45) is 14.1 Å². The number of aryl methyl sites for hydroxylation is 2. The smallest absolute Gasteiger partial charge is 0.303 e. The number of hydrogen-bond acceptors (Lipinski definition) is 2. The monoisotopic (exact) mass is 355 g/mol. The molecule has 0 saturated heterocycles. The van der Waals surface area contributed by atoms with Gasteiger partial charge in [0.25, 0.3) is 0 Å². The molecule has 2 aromatic carbocycles. The van der Waals surface area contributed by atoms with Gasteiger partial charge in [0.1, 0.15) is 0 Å². The molecule has 0 atom stereocenters. The largest absolute Gasteiger partial charge is 0.328 e. The van der Waals surface area contributed by atoms with Crippen molar-refractivity contribution in [3.8, 4) is 0 Å². The molecule has 0 bridgehead atoms. The van der Waals surface area contributed by atoms with Crippen molar-refractivity contribution in [1.82, 2.24) is 14.5 Å². The summed E-state index contributed by atoms with van der Waals surface area (Å²) < 4.78 is 3.39. The second-order valence-corrected chi connectivity index (χ2v) is 7.46. The highest BCUT2D eigenvalue weighted by Crippen LogP contribution is 2.41. The zero-order valence-corrected chi connectivity index (χ0v) is 15.3. The van der Waals surface area contributed by atoms with E-state index in [4.69, 9.17) is 11.6 Å². The van der Waals surface area contributed by atoms with Crippen LogP contribution in [0.15, 0.2) is 47.3 Å². The van der Waals surface area contributed by atoms with Gasteiger partial charge in [-0.15, -0.1) is 0 Å². The molecule has 0 spiro atoms. The number of nitrogens with zero attached hydrogens (tertiary/aromatic N) is 2. The molecule has 0 radical (unpaired) electrons. The molecular weight excluding hydrogens is 334 g/mol. The molecule has 4 nitrogen and oxygen atoms in total. The lowest BCUT2D eigenvalue weighted by Gasteiger charge is -2.43. The van der Waals surface area contributed by atoms with Gasteiger partial charge in [-0.3, -0.25) is 9.13 Å². The van der Waals surface area contributed by atoms with Crippen LogP contribution in [0, 0.1) is 0 Å². The summed E-state index contributed by atoms with van der Waals surface area (Å²) in [4.78, 5) is 12.1. The second-order valence-electron chi connectivity index (χ2n) is 7.02. The molecule has 0 unspecified atom stereocenters. The minimum absolute atomic E-state index is 0.0109. The Morgan fingerprint density at radius 1 is 1.04 bits per heavy atom. The van der Waals surface area contributed by atoms with E-state index >= 15 is 0 Å². The summed E-state index contributed by atoms with van der Waals surface area (Å²) in [6, 6.07) is 14.4. The number of rotatable bonds is 4. The average molecular weight is 356 g/mol. The first kappa shape index (κ1) is 16.4. The highest BCUT2D eigenvalue weighted by atomic mass is 35.5. The second kappa shape index (κ2) is 6.04. The molecule has 5 heteroatoms. The minimum Gasteiger partial charge on any atom is -0.303 e. The highest BCUT2D eigenvalue weighted by molar-refractivity contribution is 6.30. The van der Waals surface area contributed by atoms with E-state index in [0.717, 1.165) is 35.4 Å². The van der Waals surface area contributed by atoms with Gasteiger partial charge in [0.05, 0.1) is 11.0 Å². The number of fused-ring (bicyclic) bond motifs is 1. The fourth-order valence-electron chi connectivity index (χ4n) is 3.80. The van der Waals surface area contributed by atoms with E-state index in [0.29, 0.717) is 0 Å². The summed E-state index contributed by atoms with van der Waals surface area (Å²) >= 11 is 6.03. The van der Waals surface area contributed by atoms with Gasteiger partial charge in [-0.25, -0.2) is 4.79 Å². The quantitative estimate of drug-likeness (QED) is 0.775. The number of halogens is 1. The molecule has 1 aromatic heterocycles. The Kier molecular flexibility index (Phi) is 3.97. The lowest BCUT2D eigenvalue weighted by Crippen LogP contribution is -2.47. The van der Waals surface area contributed by atoms with Crippen LogP contribution in [0.3, 0.4) is 0 Å². The standard InChI is InChI=1S/C20H22ClN3O/c1-23-17-9-4-14(12-18(17)24(2)19(23)25)13-22-20(10-3-11-20)15-5-7-16(21)8-6-15/h4-9,12,22H,3,10-11,13H2,1-2H3. The van der Waals surface area contributed by atoms with E-state index < -0.39 is 0 Å². The summed E-state index contributed by atoms with van der Waals surface area (Å²) in [6.07, 6.45) is 3.52. The van der Waals surface area contributed by atoms with Crippen LogP contribution in [0.4, 0.5) is 0 Å². The molecule has 0 aliphatic heterocycles. The van der Waals surface area contributed by atoms with Crippen LogP contribution in [0.2, 0.25) is 5.02 Å². The van der Waals surface area contributed by atoms with Crippen LogP contribution in [0.1, 0.15) is 30.4 Å². The van der Waals surface area contributed by atoms with Crippen molar-refractivity contribution in [1.29, 1.82) is 0 Å². The first-order valence-electron chi connectivity index (χ1n) is 8.66. The van der Waals surface area contributed by atoms with Gasteiger partial charge in [0.2, 0.25) is 0 Å². The van der Waals surface area contributed by atoms with Gasteiger partial charge in [0.15, 0.2) is 0 Å². The maximum absolute atomic E-state index is 12.1. The van der Waals surface area contributed by atoms with Gasteiger partial charge in [-0.1, -0.05) is 29.8 Å². The zero-order chi connectivity index (χ0) is 17.6. The van der Waals surface area contributed by atoms with Crippen LogP contribution >= 0.6 is 11.6 Å². The third-order valence-electron chi connectivity index (χ3n) is 5.57. The predicted molar refractivity (Wildman–Crippen MR) is 102 cm³/mol. The van der Waals surface area contributed by atoms with Gasteiger partial charge < -0.3 is 5.32 Å². The Hall–Kier alpha value is -2.04. The van der Waals surface area contributed by atoms with Gasteiger partial charge in [0, 0.05) is 31.2 Å². The van der Waals surface area contributed by atoms with Crippen LogP contribution in [0.25, 0.3) is 11.0 Å². The molecular formula is C20H22ClN3O. The Balaban J connectivity index is 1.60. The molecule has 1 aliphatic rings. The summed E-state index contributed by atoms with van der Waals surface area (Å²) in [6.45, 7) is 0.779. The van der Waals surface area contributed by atoms with Gasteiger partial charge in [-0.05, 0) is 54.7 Å². The lowest BCUT2D eigenvalue weighted by molar-refractivity contribution is 0.183. The Labute approximate surface area is 152 Å². The lowest BCUT2D eigenvalue weighted by atomic mass is 9.71. The third kappa shape index (κ3) is 2.70. The summed E-state index contributed by atoms with van der Waals surface area (Å²) in [5.41, 5.74) is 4.48. The topological polar surface area (TPSA) is 39.0 Å².